The van der Waals surface area contributed by atoms with Crippen molar-refractivity contribution in [3.05, 3.63) is 35.3 Å². The summed E-state index contributed by atoms with van der Waals surface area (Å²) in [6, 6.07) is 0. The molecule has 0 spiro atoms. The highest BCUT2D eigenvalue weighted by Gasteiger charge is 2.09. The standard InChI is InChI=1S/C18H29NOS/c1-2-17(8-9-18-7-6-16-21-18)10-14-20-15-13-19-11-4-3-5-12-19/h2,8-9H,1,3-7,10-16H2/b17-8+,18-9+. The summed E-state index contributed by atoms with van der Waals surface area (Å²) in [5, 5.41) is 0. The molecule has 0 aromatic carbocycles. The predicted molar refractivity (Wildman–Crippen MR) is 93.8 cm³/mol. The van der Waals surface area contributed by atoms with Gasteiger partial charge in [0.05, 0.1) is 13.2 Å². The molecule has 0 saturated carbocycles. The van der Waals surface area contributed by atoms with Gasteiger partial charge in [0, 0.05) is 6.54 Å². The lowest BCUT2D eigenvalue weighted by atomic mass is 10.1. The van der Waals surface area contributed by atoms with E-state index in [9.17, 15) is 0 Å². The van der Waals surface area contributed by atoms with Gasteiger partial charge in [0.1, 0.15) is 0 Å². The Labute approximate surface area is 134 Å². The second kappa shape index (κ2) is 10.3. The minimum absolute atomic E-state index is 0.808. The maximum atomic E-state index is 5.78. The summed E-state index contributed by atoms with van der Waals surface area (Å²) in [4.78, 5) is 4.04. The largest absolute Gasteiger partial charge is 0.380 e. The number of piperidine rings is 1. The fourth-order valence-electron chi connectivity index (χ4n) is 2.78. The topological polar surface area (TPSA) is 12.5 Å². The van der Waals surface area contributed by atoms with Gasteiger partial charge in [-0.05, 0) is 61.4 Å². The lowest BCUT2D eigenvalue weighted by Crippen LogP contribution is -2.32. The van der Waals surface area contributed by atoms with Crippen molar-refractivity contribution in [2.75, 3.05) is 38.6 Å². The van der Waals surface area contributed by atoms with E-state index in [2.05, 4.69) is 23.6 Å². The summed E-state index contributed by atoms with van der Waals surface area (Å²) >= 11 is 1.99. The number of likely N-dealkylation sites (tertiary alicyclic amines) is 1. The molecule has 21 heavy (non-hydrogen) atoms. The van der Waals surface area contributed by atoms with E-state index in [1.165, 1.54) is 61.4 Å². The van der Waals surface area contributed by atoms with Gasteiger partial charge >= 0.3 is 0 Å². The molecule has 0 amide bonds. The molecule has 2 saturated heterocycles. The molecule has 2 aliphatic heterocycles. The smallest absolute Gasteiger partial charge is 0.0593 e. The van der Waals surface area contributed by atoms with Crippen LogP contribution in [0.25, 0.3) is 0 Å². The van der Waals surface area contributed by atoms with E-state index in [0.717, 1.165) is 26.2 Å². The Morgan fingerprint density at radius 1 is 1.19 bits per heavy atom. The van der Waals surface area contributed by atoms with Crippen LogP contribution in [0.3, 0.4) is 0 Å². The van der Waals surface area contributed by atoms with Crippen LogP contribution in [0.15, 0.2) is 35.3 Å². The van der Waals surface area contributed by atoms with E-state index in [1.54, 1.807) is 0 Å². The number of hydrogen-bond donors (Lipinski definition) is 0. The number of allylic oxidation sites excluding steroid dienone is 4. The molecule has 0 aliphatic carbocycles. The van der Waals surface area contributed by atoms with Crippen molar-refractivity contribution in [3.8, 4) is 0 Å². The lowest BCUT2D eigenvalue weighted by molar-refractivity contribution is 0.0987. The lowest BCUT2D eigenvalue weighted by Gasteiger charge is -2.26. The van der Waals surface area contributed by atoms with Gasteiger partial charge in [-0.2, -0.15) is 0 Å². The van der Waals surface area contributed by atoms with Crippen molar-refractivity contribution in [2.24, 2.45) is 0 Å². The zero-order valence-electron chi connectivity index (χ0n) is 13.2. The molecule has 2 aliphatic rings. The van der Waals surface area contributed by atoms with Crippen LogP contribution < -0.4 is 0 Å². The van der Waals surface area contributed by atoms with E-state index in [4.69, 9.17) is 4.74 Å². The van der Waals surface area contributed by atoms with Crippen LogP contribution in [0.1, 0.15) is 38.5 Å². The average Bonchev–Trinajstić information content (AvgIpc) is 3.04. The van der Waals surface area contributed by atoms with Crippen LogP contribution in [0, 0.1) is 0 Å². The highest BCUT2D eigenvalue weighted by molar-refractivity contribution is 8.03. The number of thioether (sulfide) groups is 1. The summed E-state index contributed by atoms with van der Waals surface area (Å²) < 4.78 is 5.78. The van der Waals surface area contributed by atoms with Gasteiger partial charge in [0.15, 0.2) is 0 Å². The Hall–Kier alpha value is -0.510. The first kappa shape index (κ1) is 16.9. The van der Waals surface area contributed by atoms with E-state index < -0.39 is 0 Å². The molecule has 0 atom stereocenters. The fraction of sp³-hybridized carbons (Fsp3) is 0.667. The molecule has 2 fully saturated rings. The third-order valence-electron chi connectivity index (χ3n) is 4.14. The molecule has 2 rings (SSSR count). The Morgan fingerprint density at radius 3 is 2.76 bits per heavy atom. The van der Waals surface area contributed by atoms with Crippen molar-refractivity contribution < 1.29 is 4.74 Å². The summed E-state index contributed by atoms with van der Waals surface area (Å²) in [6.45, 7) is 9.18. The molecule has 118 valence electrons. The third kappa shape index (κ3) is 6.86. The van der Waals surface area contributed by atoms with Gasteiger partial charge in [-0.1, -0.05) is 31.2 Å². The molecule has 0 aromatic heterocycles. The fourth-order valence-corrected chi connectivity index (χ4v) is 3.78. The second-order valence-corrected chi connectivity index (χ2v) is 7.02. The second-order valence-electron chi connectivity index (χ2n) is 5.80. The quantitative estimate of drug-likeness (QED) is 0.487. The van der Waals surface area contributed by atoms with Crippen LogP contribution in [0.4, 0.5) is 0 Å². The molecule has 2 nitrogen and oxygen atoms in total. The predicted octanol–water partition coefficient (Wildman–Crippen LogP) is 4.40. The third-order valence-corrected chi connectivity index (χ3v) is 5.34. The number of hydrogen-bond acceptors (Lipinski definition) is 3. The van der Waals surface area contributed by atoms with Gasteiger partial charge in [0.25, 0.3) is 0 Å². The molecule has 0 N–H and O–H groups in total. The molecular weight excluding hydrogens is 278 g/mol. The molecule has 0 unspecified atom stereocenters. The maximum absolute atomic E-state index is 5.78. The highest BCUT2D eigenvalue weighted by atomic mass is 32.2. The average molecular weight is 308 g/mol. The van der Waals surface area contributed by atoms with Gasteiger partial charge in [-0.15, -0.1) is 11.8 Å². The van der Waals surface area contributed by atoms with Gasteiger partial charge in [0.2, 0.25) is 0 Å². The van der Waals surface area contributed by atoms with Crippen molar-refractivity contribution in [2.45, 2.75) is 38.5 Å². The molecule has 2 heterocycles. The van der Waals surface area contributed by atoms with Crippen LogP contribution in [0.2, 0.25) is 0 Å². The summed E-state index contributed by atoms with van der Waals surface area (Å²) in [7, 11) is 0. The zero-order valence-corrected chi connectivity index (χ0v) is 14.0. The Bertz CT molecular complexity index is 361. The first-order valence-corrected chi connectivity index (χ1v) is 9.32. The highest BCUT2D eigenvalue weighted by Crippen LogP contribution is 2.30. The van der Waals surface area contributed by atoms with Crippen molar-refractivity contribution in [1.82, 2.24) is 4.90 Å². The summed E-state index contributed by atoms with van der Waals surface area (Å²) in [5.41, 5.74) is 1.29. The Kier molecular flexibility index (Phi) is 8.23. The van der Waals surface area contributed by atoms with E-state index in [-0.39, 0.29) is 0 Å². The first-order valence-electron chi connectivity index (χ1n) is 8.33. The molecule has 0 aromatic rings. The minimum Gasteiger partial charge on any atom is -0.380 e. The van der Waals surface area contributed by atoms with Crippen LogP contribution >= 0.6 is 11.8 Å². The number of ether oxygens (including phenoxy) is 1. The zero-order chi connectivity index (χ0) is 14.8. The molecule has 3 heteroatoms. The molecular formula is C18H29NOS. The SMILES string of the molecule is C=C/C(=C\C=C1/CCCS1)CCOCCN1CCCCC1. The Balaban J connectivity index is 1.58. The van der Waals surface area contributed by atoms with Crippen molar-refractivity contribution in [3.63, 3.8) is 0 Å². The normalized spacial score (nSPS) is 22.9. The van der Waals surface area contributed by atoms with E-state index >= 15 is 0 Å². The van der Waals surface area contributed by atoms with Gasteiger partial charge in [-0.25, -0.2) is 0 Å². The van der Waals surface area contributed by atoms with Gasteiger partial charge < -0.3 is 9.64 Å². The number of nitrogens with zero attached hydrogens (tertiary/aromatic N) is 1. The van der Waals surface area contributed by atoms with Crippen LogP contribution in [-0.4, -0.2) is 43.5 Å². The molecule has 0 radical (unpaired) electrons. The van der Waals surface area contributed by atoms with Crippen molar-refractivity contribution in [1.29, 1.82) is 0 Å². The van der Waals surface area contributed by atoms with Gasteiger partial charge in [-0.3, -0.25) is 0 Å². The maximum Gasteiger partial charge on any atom is 0.0593 e. The molecule has 0 bridgehead atoms. The van der Waals surface area contributed by atoms with Crippen molar-refractivity contribution >= 4 is 11.8 Å². The summed E-state index contributed by atoms with van der Waals surface area (Å²) in [5.74, 6) is 1.28. The number of rotatable bonds is 8. The monoisotopic (exact) mass is 307 g/mol. The van der Waals surface area contributed by atoms with Crippen LogP contribution in [0.5, 0.6) is 0 Å². The minimum atomic E-state index is 0.808. The Morgan fingerprint density at radius 2 is 2.05 bits per heavy atom. The first-order chi connectivity index (χ1) is 10.4. The van der Waals surface area contributed by atoms with Crippen LogP contribution in [-0.2, 0) is 4.74 Å². The van der Waals surface area contributed by atoms with E-state index in [1.807, 2.05) is 17.8 Å². The summed E-state index contributed by atoms with van der Waals surface area (Å²) in [6.07, 6.45) is 14.1. The van der Waals surface area contributed by atoms with E-state index in [0.29, 0.717) is 0 Å².